The van der Waals surface area contributed by atoms with Crippen LogP contribution in [0.1, 0.15) is 18.5 Å². The van der Waals surface area contributed by atoms with Gasteiger partial charge < -0.3 is 9.57 Å². The number of nitrogens with one attached hydrogen (secondary N) is 1. The fourth-order valence-electron chi connectivity index (χ4n) is 1.21. The Kier molecular flexibility index (Phi) is 4.61. The van der Waals surface area contributed by atoms with E-state index in [9.17, 15) is 0 Å². The minimum absolute atomic E-state index is 0.0746. The summed E-state index contributed by atoms with van der Waals surface area (Å²) in [6.45, 7) is 2.07. The van der Waals surface area contributed by atoms with E-state index in [-0.39, 0.29) is 12.6 Å². The van der Waals surface area contributed by atoms with E-state index in [0.29, 0.717) is 5.75 Å². The fourth-order valence-corrected chi connectivity index (χ4v) is 1.21. The average molecular weight is 206 g/mol. The van der Waals surface area contributed by atoms with Gasteiger partial charge in [0.1, 0.15) is 11.8 Å². The maximum atomic E-state index is 8.34. The van der Waals surface area contributed by atoms with Crippen molar-refractivity contribution in [3.8, 4) is 11.8 Å². The second-order valence-corrected chi connectivity index (χ2v) is 3.06. The van der Waals surface area contributed by atoms with Gasteiger partial charge in [-0.3, -0.25) is 0 Å². The van der Waals surface area contributed by atoms with Gasteiger partial charge in [0.2, 0.25) is 0 Å². The van der Waals surface area contributed by atoms with Crippen LogP contribution in [0.2, 0.25) is 0 Å². The molecule has 0 aromatic heterocycles. The monoisotopic (exact) mass is 206 g/mol. The van der Waals surface area contributed by atoms with Gasteiger partial charge in [-0.2, -0.15) is 10.7 Å². The number of nitriles is 1. The third-order valence-electron chi connectivity index (χ3n) is 1.98. The van der Waals surface area contributed by atoms with Crippen LogP contribution >= 0.6 is 0 Å². The number of benzene rings is 1. The molecule has 0 aliphatic rings. The van der Waals surface area contributed by atoms with Crippen LogP contribution in [0.5, 0.6) is 5.75 Å². The highest BCUT2D eigenvalue weighted by Gasteiger charge is 2.03. The molecule has 1 rings (SSSR count). The molecular weight excluding hydrogens is 192 g/mol. The van der Waals surface area contributed by atoms with Crippen LogP contribution in [0, 0.1) is 11.3 Å². The van der Waals surface area contributed by atoms with Gasteiger partial charge in [-0.25, -0.2) is 0 Å². The van der Waals surface area contributed by atoms with Crippen molar-refractivity contribution in [1.82, 2.24) is 5.48 Å². The normalized spacial score (nSPS) is 11.8. The molecule has 80 valence electrons. The molecule has 0 heterocycles. The van der Waals surface area contributed by atoms with E-state index in [4.69, 9.17) is 14.8 Å². The summed E-state index contributed by atoms with van der Waals surface area (Å²) in [5, 5.41) is 8.34. The highest BCUT2D eigenvalue weighted by Crippen LogP contribution is 2.17. The predicted octanol–water partition coefficient (Wildman–Crippen LogP) is 1.80. The second kappa shape index (κ2) is 6.02. The summed E-state index contributed by atoms with van der Waals surface area (Å²) in [6.07, 6.45) is 0. The lowest BCUT2D eigenvalue weighted by atomic mass is 10.1. The Morgan fingerprint density at radius 2 is 2.07 bits per heavy atom. The highest BCUT2D eigenvalue weighted by molar-refractivity contribution is 5.28. The molecule has 0 amide bonds. The second-order valence-electron chi connectivity index (χ2n) is 3.06. The standard InChI is InChI=1S/C11H14N2O2/c1-9(13-14-2)10-3-5-11(6-4-10)15-8-7-12/h3-6,9,13H,8H2,1-2H3. The Morgan fingerprint density at radius 3 is 2.60 bits per heavy atom. The van der Waals surface area contributed by atoms with E-state index in [2.05, 4.69) is 5.48 Å². The van der Waals surface area contributed by atoms with Crippen LogP contribution in [0.15, 0.2) is 24.3 Å². The smallest absolute Gasteiger partial charge is 0.174 e. The van der Waals surface area contributed by atoms with Crippen molar-refractivity contribution < 1.29 is 9.57 Å². The van der Waals surface area contributed by atoms with Crippen molar-refractivity contribution in [3.05, 3.63) is 29.8 Å². The molecule has 1 aromatic rings. The average Bonchev–Trinajstić information content (AvgIpc) is 2.27. The Hall–Kier alpha value is -1.57. The lowest BCUT2D eigenvalue weighted by molar-refractivity contribution is 0.0658. The Morgan fingerprint density at radius 1 is 1.40 bits per heavy atom. The first kappa shape index (κ1) is 11.5. The van der Waals surface area contributed by atoms with Gasteiger partial charge >= 0.3 is 0 Å². The molecule has 1 atom stereocenters. The number of hydroxylamine groups is 1. The molecule has 4 heteroatoms. The molecule has 1 unspecified atom stereocenters. The summed E-state index contributed by atoms with van der Waals surface area (Å²) in [7, 11) is 1.58. The SMILES string of the molecule is CONC(C)c1ccc(OCC#N)cc1. The summed E-state index contributed by atoms with van der Waals surface area (Å²) in [5.41, 5.74) is 3.93. The molecule has 0 saturated carbocycles. The van der Waals surface area contributed by atoms with Crippen molar-refractivity contribution >= 4 is 0 Å². The van der Waals surface area contributed by atoms with Crippen molar-refractivity contribution in [3.63, 3.8) is 0 Å². The molecule has 0 radical (unpaired) electrons. The van der Waals surface area contributed by atoms with Crippen LogP contribution in [0.4, 0.5) is 0 Å². The molecule has 0 spiro atoms. The predicted molar refractivity (Wildman–Crippen MR) is 56.1 cm³/mol. The zero-order valence-corrected chi connectivity index (χ0v) is 8.86. The van der Waals surface area contributed by atoms with Gasteiger partial charge in [-0.1, -0.05) is 12.1 Å². The molecule has 1 aromatic carbocycles. The van der Waals surface area contributed by atoms with Gasteiger partial charge in [0.05, 0.1) is 13.2 Å². The highest BCUT2D eigenvalue weighted by atomic mass is 16.6. The van der Waals surface area contributed by atoms with Crippen LogP contribution in [-0.4, -0.2) is 13.7 Å². The van der Waals surface area contributed by atoms with Crippen LogP contribution < -0.4 is 10.2 Å². The molecule has 1 N–H and O–H groups in total. The number of hydrogen-bond donors (Lipinski definition) is 1. The number of hydrogen-bond acceptors (Lipinski definition) is 4. The molecule has 0 aliphatic carbocycles. The van der Waals surface area contributed by atoms with Gasteiger partial charge in [-0.15, -0.1) is 0 Å². The van der Waals surface area contributed by atoms with E-state index in [1.54, 1.807) is 7.11 Å². The van der Waals surface area contributed by atoms with E-state index in [1.165, 1.54) is 0 Å². The van der Waals surface area contributed by atoms with Crippen molar-refractivity contribution in [2.75, 3.05) is 13.7 Å². The molecule has 0 fully saturated rings. The van der Waals surface area contributed by atoms with Gasteiger partial charge in [0.15, 0.2) is 6.61 Å². The number of nitrogens with zero attached hydrogens (tertiary/aromatic N) is 1. The number of rotatable bonds is 5. The van der Waals surface area contributed by atoms with E-state index in [0.717, 1.165) is 5.56 Å². The first-order valence-electron chi connectivity index (χ1n) is 4.66. The van der Waals surface area contributed by atoms with E-state index >= 15 is 0 Å². The molecule has 15 heavy (non-hydrogen) atoms. The largest absolute Gasteiger partial charge is 0.479 e. The van der Waals surface area contributed by atoms with Crippen molar-refractivity contribution in [2.24, 2.45) is 0 Å². The van der Waals surface area contributed by atoms with Crippen molar-refractivity contribution in [1.29, 1.82) is 5.26 Å². The first-order chi connectivity index (χ1) is 7.27. The minimum atomic E-state index is 0.0746. The first-order valence-corrected chi connectivity index (χ1v) is 4.66. The summed E-state index contributed by atoms with van der Waals surface area (Å²) < 4.78 is 5.14. The topological polar surface area (TPSA) is 54.3 Å². The lowest BCUT2D eigenvalue weighted by Gasteiger charge is -2.12. The Balaban J connectivity index is 2.60. The van der Waals surface area contributed by atoms with E-state index in [1.807, 2.05) is 37.3 Å². The minimum Gasteiger partial charge on any atom is -0.479 e. The summed E-state index contributed by atoms with van der Waals surface area (Å²) in [6, 6.07) is 9.58. The van der Waals surface area contributed by atoms with Crippen LogP contribution in [0.25, 0.3) is 0 Å². The number of ether oxygens (including phenoxy) is 1. The zero-order valence-electron chi connectivity index (χ0n) is 8.86. The summed E-state index contributed by atoms with van der Waals surface area (Å²) in [4.78, 5) is 4.83. The molecule has 0 aliphatic heterocycles. The zero-order chi connectivity index (χ0) is 11.1. The van der Waals surface area contributed by atoms with Crippen LogP contribution in [0.3, 0.4) is 0 Å². The Bertz CT molecular complexity index is 329. The van der Waals surface area contributed by atoms with E-state index < -0.39 is 0 Å². The summed E-state index contributed by atoms with van der Waals surface area (Å²) >= 11 is 0. The molecular formula is C11H14N2O2. The fraction of sp³-hybridized carbons (Fsp3) is 0.364. The Labute approximate surface area is 89.4 Å². The van der Waals surface area contributed by atoms with Crippen molar-refractivity contribution in [2.45, 2.75) is 13.0 Å². The lowest BCUT2D eigenvalue weighted by Crippen LogP contribution is -2.16. The third-order valence-corrected chi connectivity index (χ3v) is 1.98. The maximum absolute atomic E-state index is 8.34. The van der Waals surface area contributed by atoms with Gasteiger partial charge in [-0.05, 0) is 24.6 Å². The quantitative estimate of drug-likeness (QED) is 0.746. The van der Waals surface area contributed by atoms with Crippen LogP contribution in [-0.2, 0) is 4.84 Å². The molecule has 0 saturated heterocycles. The van der Waals surface area contributed by atoms with Gasteiger partial charge in [0.25, 0.3) is 0 Å². The maximum Gasteiger partial charge on any atom is 0.174 e. The summed E-state index contributed by atoms with van der Waals surface area (Å²) in [5.74, 6) is 0.699. The molecule has 4 nitrogen and oxygen atoms in total. The molecule has 0 bridgehead atoms. The van der Waals surface area contributed by atoms with Gasteiger partial charge in [0, 0.05) is 0 Å². The third kappa shape index (κ3) is 3.58.